The van der Waals surface area contributed by atoms with E-state index in [9.17, 15) is 9.59 Å². The quantitative estimate of drug-likeness (QED) is 0.628. The fourth-order valence-corrected chi connectivity index (χ4v) is 2.84. The first-order valence-electron chi connectivity index (χ1n) is 8.97. The van der Waals surface area contributed by atoms with Gasteiger partial charge in [0.25, 0.3) is 5.91 Å². The first kappa shape index (κ1) is 18.4. The van der Waals surface area contributed by atoms with Gasteiger partial charge in [0.05, 0.1) is 17.5 Å². The number of nitrogens with one attached hydrogen (secondary N) is 2. The third kappa shape index (κ3) is 4.47. The van der Waals surface area contributed by atoms with Gasteiger partial charge in [-0.25, -0.2) is 0 Å². The van der Waals surface area contributed by atoms with Crippen molar-refractivity contribution in [2.75, 3.05) is 12.1 Å². The van der Waals surface area contributed by atoms with Gasteiger partial charge in [-0.2, -0.15) is 0 Å². The van der Waals surface area contributed by atoms with E-state index in [1.54, 1.807) is 42.5 Å². The van der Waals surface area contributed by atoms with Crippen LogP contribution in [0.15, 0.2) is 71.4 Å². The lowest BCUT2D eigenvalue weighted by Crippen LogP contribution is -2.24. The molecule has 7 nitrogen and oxygen atoms in total. The van der Waals surface area contributed by atoms with Crippen molar-refractivity contribution in [3.8, 4) is 11.5 Å². The average molecular weight is 390 g/mol. The third-order valence-electron chi connectivity index (χ3n) is 4.26. The maximum absolute atomic E-state index is 12.6. The molecule has 0 bridgehead atoms. The molecule has 146 valence electrons. The van der Waals surface area contributed by atoms with Crippen molar-refractivity contribution in [2.45, 2.75) is 6.54 Å². The topological polar surface area (TPSA) is 89.8 Å². The van der Waals surface area contributed by atoms with Crippen LogP contribution in [0, 0.1) is 0 Å². The largest absolute Gasteiger partial charge is 0.465 e. The number of rotatable bonds is 6. The number of anilines is 1. The van der Waals surface area contributed by atoms with Gasteiger partial charge < -0.3 is 24.5 Å². The number of benzene rings is 2. The van der Waals surface area contributed by atoms with E-state index in [1.807, 2.05) is 18.2 Å². The Morgan fingerprint density at radius 3 is 2.72 bits per heavy atom. The van der Waals surface area contributed by atoms with Crippen LogP contribution in [-0.2, 0) is 11.3 Å². The van der Waals surface area contributed by atoms with Gasteiger partial charge in [0, 0.05) is 12.6 Å². The van der Waals surface area contributed by atoms with Crippen LogP contribution in [0.1, 0.15) is 21.7 Å². The Bertz CT molecular complexity index is 1060. The van der Waals surface area contributed by atoms with E-state index in [0.29, 0.717) is 35.1 Å². The van der Waals surface area contributed by atoms with E-state index in [-0.39, 0.29) is 18.6 Å². The van der Waals surface area contributed by atoms with Crippen LogP contribution in [0.4, 0.5) is 5.69 Å². The highest BCUT2D eigenvalue weighted by molar-refractivity contribution is 6.07. The van der Waals surface area contributed by atoms with E-state index in [0.717, 1.165) is 5.56 Å². The summed E-state index contributed by atoms with van der Waals surface area (Å²) in [6, 6.07) is 15.8. The van der Waals surface area contributed by atoms with Crippen molar-refractivity contribution in [3.05, 3.63) is 83.8 Å². The Labute approximate surface area is 166 Å². The lowest BCUT2D eigenvalue weighted by Gasteiger charge is -2.11. The molecule has 4 rings (SSSR count). The number of fused-ring (bicyclic) bond motifs is 1. The van der Waals surface area contributed by atoms with Crippen LogP contribution >= 0.6 is 0 Å². The third-order valence-corrected chi connectivity index (χ3v) is 4.26. The van der Waals surface area contributed by atoms with Crippen LogP contribution in [0.25, 0.3) is 6.08 Å². The van der Waals surface area contributed by atoms with Gasteiger partial charge in [-0.05, 0) is 48.0 Å². The van der Waals surface area contributed by atoms with Gasteiger partial charge in [-0.15, -0.1) is 0 Å². The van der Waals surface area contributed by atoms with Crippen molar-refractivity contribution < 1.29 is 23.5 Å². The molecule has 7 heteroatoms. The molecule has 29 heavy (non-hydrogen) atoms. The van der Waals surface area contributed by atoms with Crippen molar-refractivity contribution >= 4 is 23.6 Å². The average Bonchev–Trinajstić information content (AvgIpc) is 3.42. The molecule has 0 fully saturated rings. The van der Waals surface area contributed by atoms with Crippen LogP contribution < -0.4 is 20.1 Å². The van der Waals surface area contributed by atoms with E-state index in [4.69, 9.17) is 13.9 Å². The Hall–Kier alpha value is -4.00. The molecule has 0 radical (unpaired) electrons. The number of hydrogen-bond acceptors (Lipinski definition) is 5. The van der Waals surface area contributed by atoms with Gasteiger partial charge in [0.1, 0.15) is 5.76 Å². The molecule has 2 heterocycles. The zero-order valence-electron chi connectivity index (χ0n) is 15.4. The van der Waals surface area contributed by atoms with Gasteiger partial charge in [-0.1, -0.05) is 18.2 Å². The molecule has 0 aliphatic carbocycles. The second kappa shape index (κ2) is 8.35. The molecular formula is C22H18N2O5. The highest BCUT2D eigenvalue weighted by atomic mass is 16.7. The molecular weight excluding hydrogens is 372 g/mol. The van der Waals surface area contributed by atoms with E-state index >= 15 is 0 Å². The highest BCUT2D eigenvalue weighted by Crippen LogP contribution is 2.32. The molecule has 0 spiro atoms. The normalized spacial score (nSPS) is 12.1. The Balaban J connectivity index is 1.40. The fraction of sp³-hybridized carbons (Fsp3) is 0.0909. The molecule has 0 saturated carbocycles. The molecule has 2 N–H and O–H groups in total. The molecule has 1 aromatic heterocycles. The number of ether oxygens (including phenoxy) is 2. The van der Waals surface area contributed by atoms with Gasteiger partial charge in [-0.3, -0.25) is 9.59 Å². The summed E-state index contributed by atoms with van der Waals surface area (Å²) in [6.07, 6.45) is 4.43. The number of hydrogen-bond donors (Lipinski definition) is 2. The Morgan fingerprint density at radius 2 is 1.86 bits per heavy atom. The second-order valence-electron chi connectivity index (χ2n) is 6.25. The molecule has 3 aromatic rings. The van der Waals surface area contributed by atoms with E-state index in [2.05, 4.69) is 10.6 Å². The monoisotopic (exact) mass is 390 g/mol. The first-order chi connectivity index (χ1) is 14.2. The summed E-state index contributed by atoms with van der Waals surface area (Å²) in [5.41, 5.74) is 1.67. The maximum atomic E-state index is 12.6. The van der Waals surface area contributed by atoms with Crippen molar-refractivity contribution in [1.29, 1.82) is 0 Å². The van der Waals surface area contributed by atoms with Crippen LogP contribution in [-0.4, -0.2) is 18.6 Å². The van der Waals surface area contributed by atoms with Crippen molar-refractivity contribution in [2.24, 2.45) is 0 Å². The van der Waals surface area contributed by atoms with Crippen LogP contribution in [0.3, 0.4) is 0 Å². The number of carbonyl (C=O) groups is 2. The summed E-state index contributed by atoms with van der Waals surface area (Å²) < 4.78 is 15.8. The number of carbonyl (C=O) groups excluding carboxylic acids is 2. The molecule has 0 saturated heterocycles. The zero-order valence-corrected chi connectivity index (χ0v) is 15.4. The van der Waals surface area contributed by atoms with Crippen LogP contribution in [0.2, 0.25) is 0 Å². The van der Waals surface area contributed by atoms with E-state index < -0.39 is 0 Å². The van der Waals surface area contributed by atoms with Crippen molar-refractivity contribution in [1.82, 2.24) is 5.32 Å². The summed E-state index contributed by atoms with van der Waals surface area (Å²) >= 11 is 0. The molecule has 0 unspecified atom stereocenters. The predicted molar refractivity (Wildman–Crippen MR) is 107 cm³/mol. The fourth-order valence-electron chi connectivity index (χ4n) is 2.84. The van der Waals surface area contributed by atoms with Gasteiger partial charge in [0.15, 0.2) is 11.5 Å². The Kier molecular flexibility index (Phi) is 5.29. The predicted octanol–water partition coefficient (Wildman–Crippen LogP) is 3.59. The summed E-state index contributed by atoms with van der Waals surface area (Å²) in [6.45, 7) is 0.517. The van der Waals surface area contributed by atoms with Crippen LogP contribution in [0.5, 0.6) is 11.5 Å². The smallest absolute Gasteiger partial charge is 0.253 e. The summed E-state index contributed by atoms with van der Waals surface area (Å²) in [7, 11) is 0. The Morgan fingerprint density at radius 1 is 1.00 bits per heavy atom. The lowest BCUT2D eigenvalue weighted by atomic mass is 10.1. The van der Waals surface area contributed by atoms with Gasteiger partial charge in [0.2, 0.25) is 12.7 Å². The second-order valence-corrected chi connectivity index (χ2v) is 6.25. The minimum atomic E-state index is -0.363. The summed E-state index contributed by atoms with van der Waals surface area (Å²) in [4.78, 5) is 24.8. The zero-order chi connectivity index (χ0) is 20.1. The number of para-hydroxylation sites is 1. The molecule has 1 aliphatic heterocycles. The SMILES string of the molecule is O=C(C=Cc1ccco1)Nc1ccccc1C(=O)NCc1ccc2c(c1)OCO2. The van der Waals surface area contributed by atoms with Crippen molar-refractivity contribution in [3.63, 3.8) is 0 Å². The molecule has 2 amide bonds. The number of amides is 2. The van der Waals surface area contributed by atoms with E-state index in [1.165, 1.54) is 12.3 Å². The lowest BCUT2D eigenvalue weighted by molar-refractivity contribution is -0.111. The minimum Gasteiger partial charge on any atom is -0.465 e. The minimum absolute atomic E-state index is 0.201. The standard InChI is InChI=1S/C22H18N2O5/c25-21(10-8-16-4-3-11-27-16)24-18-6-2-1-5-17(18)22(26)23-13-15-7-9-19-20(12-15)29-14-28-19/h1-12H,13-14H2,(H,23,26)(H,24,25). The van der Waals surface area contributed by atoms with Gasteiger partial charge >= 0.3 is 0 Å². The first-order valence-corrected chi connectivity index (χ1v) is 8.97. The molecule has 1 aliphatic rings. The molecule has 0 atom stereocenters. The maximum Gasteiger partial charge on any atom is 0.253 e. The molecule has 2 aromatic carbocycles. The number of furan rings is 1. The highest BCUT2D eigenvalue weighted by Gasteiger charge is 2.15. The summed E-state index contributed by atoms with van der Waals surface area (Å²) in [5, 5.41) is 5.58. The summed E-state index contributed by atoms with van der Waals surface area (Å²) in [5.74, 6) is 1.25.